The average molecular weight is 318 g/mol. The molecule has 0 unspecified atom stereocenters. The van der Waals surface area contributed by atoms with Gasteiger partial charge in [-0.15, -0.1) is 0 Å². The van der Waals surface area contributed by atoms with Gasteiger partial charge in [-0.25, -0.2) is 14.8 Å². The van der Waals surface area contributed by atoms with Crippen molar-refractivity contribution in [2.45, 2.75) is 12.6 Å². The van der Waals surface area contributed by atoms with Gasteiger partial charge in [-0.05, 0) is 18.9 Å². The molecule has 1 aromatic heterocycles. The molecular formula is C13H17F3N4O2. The number of anilines is 1. The number of esters is 1. The van der Waals surface area contributed by atoms with Gasteiger partial charge in [0.2, 0.25) is 0 Å². The number of ether oxygens (including phenoxy) is 1. The zero-order valence-electron chi connectivity index (χ0n) is 12.1. The van der Waals surface area contributed by atoms with Gasteiger partial charge in [0.15, 0.2) is 0 Å². The van der Waals surface area contributed by atoms with Crippen molar-refractivity contribution in [2.24, 2.45) is 5.92 Å². The molecule has 0 saturated carbocycles. The molecule has 6 nitrogen and oxygen atoms in total. The minimum absolute atomic E-state index is 0.0720. The minimum atomic E-state index is -4.17. The third-order valence-electron chi connectivity index (χ3n) is 3.45. The summed E-state index contributed by atoms with van der Waals surface area (Å²) in [6.45, 7) is 0.338. The maximum absolute atomic E-state index is 12.3. The van der Waals surface area contributed by atoms with Crippen LogP contribution in [0.1, 0.15) is 16.8 Å². The van der Waals surface area contributed by atoms with Gasteiger partial charge in [0.1, 0.15) is 17.7 Å². The molecular weight excluding hydrogens is 301 g/mol. The minimum Gasteiger partial charge on any atom is -0.465 e. The smallest absolute Gasteiger partial charge is 0.401 e. The molecule has 1 saturated heterocycles. The van der Waals surface area contributed by atoms with Crippen LogP contribution in [-0.4, -0.2) is 60.3 Å². The van der Waals surface area contributed by atoms with Crippen molar-refractivity contribution in [1.82, 2.24) is 14.9 Å². The highest BCUT2D eigenvalue weighted by Crippen LogP contribution is 2.23. The molecule has 0 radical (unpaired) electrons. The van der Waals surface area contributed by atoms with Crippen molar-refractivity contribution in [3.63, 3.8) is 0 Å². The Morgan fingerprint density at radius 3 is 3.00 bits per heavy atom. The number of nitrogens with one attached hydrogen (secondary N) is 1. The predicted molar refractivity (Wildman–Crippen MR) is 72.5 cm³/mol. The van der Waals surface area contributed by atoms with Crippen LogP contribution < -0.4 is 5.32 Å². The number of alkyl halides is 3. The predicted octanol–water partition coefficient (Wildman–Crippen LogP) is 1.56. The summed E-state index contributed by atoms with van der Waals surface area (Å²) in [6, 6.07) is 0. The fourth-order valence-corrected chi connectivity index (χ4v) is 2.45. The lowest BCUT2D eigenvalue weighted by molar-refractivity contribution is -0.143. The lowest BCUT2D eigenvalue weighted by atomic mass is 10.1. The molecule has 2 heterocycles. The van der Waals surface area contributed by atoms with E-state index in [2.05, 4.69) is 20.0 Å². The standard InChI is InChI=1S/C13H17F3N4O2/c1-22-12(21)10-5-17-8-19-11(10)18-4-9-2-3-20(6-9)7-13(14,15)16/h5,8-9H,2-4,6-7H2,1H3,(H,17,18,19)/t9-/m0/s1. The SMILES string of the molecule is COC(=O)c1cncnc1NC[C@@H]1CCN(CC(F)(F)F)C1. The summed E-state index contributed by atoms with van der Waals surface area (Å²) in [5, 5.41) is 2.99. The molecule has 22 heavy (non-hydrogen) atoms. The van der Waals surface area contributed by atoms with E-state index in [1.165, 1.54) is 24.5 Å². The highest BCUT2D eigenvalue weighted by molar-refractivity contribution is 5.94. The Bertz CT molecular complexity index is 524. The van der Waals surface area contributed by atoms with Crippen LogP contribution in [0.4, 0.5) is 19.0 Å². The summed E-state index contributed by atoms with van der Waals surface area (Å²) < 4.78 is 41.7. The molecule has 1 aliphatic heterocycles. The van der Waals surface area contributed by atoms with Crippen LogP contribution in [0.2, 0.25) is 0 Å². The molecule has 0 aliphatic carbocycles. The first kappa shape index (κ1) is 16.5. The molecule has 122 valence electrons. The van der Waals surface area contributed by atoms with Crippen LogP contribution in [0.3, 0.4) is 0 Å². The fraction of sp³-hybridized carbons (Fsp3) is 0.615. The number of carbonyl (C=O) groups is 1. The molecule has 1 aliphatic rings. The van der Waals surface area contributed by atoms with E-state index in [1.54, 1.807) is 0 Å². The van der Waals surface area contributed by atoms with E-state index in [0.29, 0.717) is 31.9 Å². The van der Waals surface area contributed by atoms with Crippen molar-refractivity contribution >= 4 is 11.8 Å². The van der Waals surface area contributed by atoms with Gasteiger partial charge in [0.25, 0.3) is 0 Å². The number of rotatable bonds is 5. The zero-order valence-corrected chi connectivity index (χ0v) is 12.1. The van der Waals surface area contributed by atoms with E-state index in [9.17, 15) is 18.0 Å². The van der Waals surface area contributed by atoms with E-state index < -0.39 is 18.7 Å². The number of carbonyl (C=O) groups excluding carboxylic acids is 1. The Morgan fingerprint density at radius 2 is 2.32 bits per heavy atom. The Morgan fingerprint density at radius 1 is 1.55 bits per heavy atom. The number of likely N-dealkylation sites (tertiary alicyclic amines) is 1. The highest BCUT2D eigenvalue weighted by Gasteiger charge is 2.34. The third kappa shape index (κ3) is 4.55. The lowest BCUT2D eigenvalue weighted by Gasteiger charge is -2.18. The van der Waals surface area contributed by atoms with Crippen LogP contribution >= 0.6 is 0 Å². The zero-order chi connectivity index (χ0) is 16.2. The second kappa shape index (κ2) is 6.91. The largest absolute Gasteiger partial charge is 0.465 e. The van der Waals surface area contributed by atoms with Crippen molar-refractivity contribution in [1.29, 1.82) is 0 Å². The molecule has 1 atom stereocenters. The summed E-state index contributed by atoms with van der Waals surface area (Å²) in [7, 11) is 1.26. The van der Waals surface area contributed by atoms with E-state index in [0.717, 1.165) is 0 Å². The molecule has 1 fully saturated rings. The van der Waals surface area contributed by atoms with E-state index in [4.69, 9.17) is 0 Å². The van der Waals surface area contributed by atoms with Gasteiger partial charge in [0, 0.05) is 19.3 Å². The van der Waals surface area contributed by atoms with Gasteiger partial charge in [-0.1, -0.05) is 0 Å². The summed E-state index contributed by atoms with van der Waals surface area (Å²) in [6.07, 6.45) is -0.875. The number of halogens is 3. The van der Waals surface area contributed by atoms with Crippen molar-refractivity contribution in [3.05, 3.63) is 18.1 Å². The first-order valence-electron chi connectivity index (χ1n) is 6.80. The Kier molecular flexibility index (Phi) is 5.17. The van der Waals surface area contributed by atoms with Crippen LogP contribution in [-0.2, 0) is 4.74 Å². The van der Waals surface area contributed by atoms with Gasteiger partial charge in [-0.3, -0.25) is 4.90 Å². The van der Waals surface area contributed by atoms with E-state index >= 15 is 0 Å². The number of hydrogen-bond donors (Lipinski definition) is 1. The Labute approximate surface area is 125 Å². The number of aromatic nitrogens is 2. The summed E-state index contributed by atoms with van der Waals surface area (Å²) >= 11 is 0. The molecule has 1 aromatic rings. The van der Waals surface area contributed by atoms with Gasteiger partial charge in [-0.2, -0.15) is 13.2 Å². The van der Waals surface area contributed by atoms with Gasteiger partial charge in [0.05, 0.1) is 13.7 Å². The molecule has 0 bridgehead atoms. The average Bonchev–Trinajstić information content (AvgIpc) is 2.90. The van der Waals surface area contributed by atoms with Crippen molar-refractivity contribution in [2.75, 3.05) is 38.6 Å². The number of nitrogens with zero attached hydrogens (tertiary/aromatic N) is 3. The molecule has 1 N–H and O–H groups in total. The van der Waals surface area contributed by atoms with Gasteiger partial charge < -0.3 is 10.1 Å². The third-order valence-corrected chi connectivity index (χ3v) is 3.45. The quantitative estimate of drug-likeness (QED) is 0.831. The Balaban J connectivity index is 1.88. The normalized spacial score (nSPS) is 19.2. The fourth-order valence-electron chi connectivity index (χ4n) is 2.45. The van der Waals surface area contributed by atoms with Crippen molar-refractivity contribution < 1.29 is 22.7 Å². The van der Waals surface area contributed by atoms with E-state index in [1.807, 2.05) is 0 Å². The summed E-state index contributed by atoms with van der Waals surface area (Å²) in [5.41, 5.74) is 0.204. The second-order valence-corrected chi connectivity index (χ2v) is 5.16. The maximum Gasteiger partial charge on any atom is 0.401 e. The molecule has 2 rings (SSSR count). The second-order valence-electron chi connectivity index (χ2n) is 5.16. The molecule has 0 amide bonds. The monoisotopic (exact) mass is 318 g/mol. The lowest BCUT2D eigenvalue weighted by Crippen LogP contribution is -2.33. The highest BCUT2D eigenvalue weighted by atomic mass is 19.4. The molecule has 9 heteroatoms. The van der Waals surface area contributed by atoms with Crippen LogP contribution in [0.15, 0.2) is 12.5 Å². The van der Waals surface area contributed by atoms with Crippen molar-refractivity contribution in [3.8, 4) is 0 Å². The maximum atomic E-state index is 12.3. The molecule has 0 aromatic carbocycles. The van der Waals surface area contributed by atoms with E-state index in [-0.39, 0.29) is 11.5 Å². The Hall–Kier alpha value is -1.90. The summed E-state index contributed by atoms with van der Waals surface area (Å²) in [4.78, 5) is 20.7. The number of methoxy groups -OCH3 is 1. The van der Waals surface area contributed by atoms with Crippen LogP contribution in [0, 0.1) is 5.92 Å². The van der Waals surface area contributed by atoms with Crippen LogP contribution in [0.25, 0.3) is 0 Å². The summed E-state index contributed by atoms with van der Waals surface area (Å²) in [5.74, 6) is -0.160. The van der Waals surface area contributed by atoms with Gasteiger partial charge >= 0.3 is 12.1 Å². The first-order valence-corrected chi connectivity index (χ1v) is 6.80. The molecule has 0 spiro atoms. The number of hydrogen-bond acceptors (Lipinski definition) is 6. The van der Waals surface area contributed by atoms with Crippen LogP contribution in [0.5, 0.6) is 0 Å². The topological polar surface area (TPSA) is 67.3 Å². The first-order chi connectivity index (χ1) is 10.4.